The standard InChI is InChI=1S/C14H17F2N3O3/c15-10-1-2-11(12(16)3-10)14(22,4-9(6-20)7-21)5-13-17-8-18-19-13/h1-3,8-9,13,20-22H,4-7H2. The van der Waals surface area contributed by atoms with Gasteiger partial charge in [-0.05, 0) is 12.5 Å². The lowest BCUT2D eigenvalue weighted by atomic mass is 9.81. The lowest BCUT2D eigenvalue weighted by Gasteiger charge is -2.32. The van der Waals surface area contributed by atoms with E-state index in [-0.39, 0.29) is 31.6 Å². The molecule has 1 aliphatic heterocycles. The third kappa shape index (κ3) is 3.70. The average molecular weight is 313 g/mol. The molecule has 6 nitrogen and oxygen atoms in total. The summed E-state index contributed by atoms with van der Waals surface area (Å²) in [6, 6.07) is 2.86. The molecule has 0 spiro atoms. The van der Waals surface area contributed by atoms with Crippen LogP contribution in [0.4, 0.5) is 8.78 Å². The van der Waals surface area contributed by atoms with Crippen LogP contribution in [0.15, 0.2) is 33.4 Å². The summed E-state index contributed by atoms with van der Waals surface area (Å²) in [6.07, 6.45) is 0.324. The van der Waals surface area contributed by atoms with Gasteiger partial charge in [0.1, 0.15) is 18.0 Å². The summed E-state index contributed by atoms with van der Waals surface area (Å²) < 4.78 is 27.1. The Morgan fingerprint density at radius 2 is 1.95 bits per heavy atom. The second-order valence-electron chi connectivity index (χ2n) is 5.27. The van der Waals surface area contributed by atoms with Crippen molar-refractivity contribution in [1.29, 1.82) is 0 Å². The van der Waals surface area contributed by atoms with E-state index >= 15 is 0 Å². The SMILES string of the molecule is OCC(CO)CC(O)(CC1N=CN=N1)c1ccc(F)cc1F. The minimum Gasteiger partial charge on any atom is -0.396 e. The van der Waals surface area contributed by atoms with Gasteiger partial charge in [0, 0.05) is 37.2 Å². The quantitative estimate of drug-likeness (QED) is 0.709. The van der Waals surface area contributed by atoms with Gasteiger partial charge in [-0.3, -0.25) is 0 Å². The van der Waals surface area contributed by atoms with Crippen LogP contribution in [0.3, 0.4) is 0 Å². The first kappa shape index (κ1) is 16.6. The first-order valence-electron chi connectivity index (χ1n) is 6.79. The largest absolute Gasteiger partial charge is 0.396 e. The molecule has 0 bridgehead atoms. The van der Waals surface area contributed by atoms with Gasteiger partial charge in [-0.15, -0.1) is 5.11 Å². The van der Waals surface area contributed by atoms with Crippen molar-refractivity contribution in [3.05, 3.63) is 35.4 Å². The van der Waals surface area contributed by atoms with Crippen LogP contribution in [0.5, 0.6) is 0 Å². The molecular weight excluding hydrogens is 296 g/mol. The number of hydrogen-bond donors (Lipinski definition) is 3. The van der Waals surface area contributed by atoms with Gasteiger partial charge in [-0.2, -0.15) is 5.11 Å². The predicted octanol–water partition coefficient (Wildman–Crippen LogP) is 1.35. The van der Waals surface area contributed by atoms with Crippen molar-refractivity contribution in [2.75, 3.05) is 13.2 Å². The highest BCUT2D eigenvalue weighted by Gasteiger charge is 2.37. The fourth-order valence-electron chi connectivity index (χ4n) is 2.47. The molecule has 0 aromatic heterocycles. The predicted molar refractivity (Wildman–Crippen MR) is 74.3 cm³/mol. The molecular formula is C14H17F2N3O3. The average Bonchev–Trinajstić information content (AvgIpc) is 2.97. The fraction of sp³-hybridized carbons (Fsp3) is 0.500. The smallest absolute Gasteiger partial charge is 0.165 e. The lowest BCUT2D eigenvalue weighted by molar-refractivity contribution is -0.0231. The minimum absolute atomic E-state index is 0.0912. The number of hydrogen-bond acceptors (Lipinski definition) is 6. The Morgan fingerprint density at radius 1 is 1.23 bits per heavy atom. The van der Waals surface area contributed by atoms with Crippen molar-refractivity contribution in [3.63, 3.8) is 0 Å². The molecule has 120 valence electrons. The summed E-state index contributed by atoms with van der Waals surface area (Å²) in [6.45, 7) is -0.756. The molecule has 0 radical (unpaired) electrons. The number of azo groups is 1. The van der Waals surface area contributed by atoms with Crippen molar-refractivity contribution in [2.45, 2.75) is 24.6 Å². The normalized spacial score (nSPS) is 19.8. The van der Waals surface area contributed by atoms with Gasteiger partial charge in [-0.25, -0.2) is 13.8 Å². The van der Waals surface area contributed by atoms with E-state index in [0.717, 1.165) is 12.1 Å². The molecule has 0 saturated carbocycles. The number of rotatable bonds is 7. The zero-order chi connectivity index (χ0) is 16.2. The van der Waals surface area contributed by atoms with E-state index in [1.54, 1.807) is 0 Å². The maximum atomic E-state index is 14.1. The van der Waals surface area contributed by atoms with Crippen LogP contribution < -0.4 is 0 Å². The minimum atomic E-state index is -1.76. The number of nitrogens with zero attached hydrogens (tertiary/aromatic N) is 3. The van der Waals surface area contributed by atoms with Gasteiger partial charge in [-0.1, -0.05) is 6.07 Å². The summed E-state index contributed by atoms with van der Waals surface area (Å²) in [5.74, 6) is -2.32. The third-order valence-electron chi connectivity index (χ3n) is 3.59. The molecule has 2 atom stereocenters. The van der Waals surface area contributed by atoms with E-state index in [0.29, 0.717) is 6.07 Å². The van der Waals surface area contributed by atoms with Crippen LogP contribution >= 0.6 is 0 Å². The first-order valence-corrected chi connectivity index (χ1v) is 6.79. The van der Waals surface area contributed by atoms with Gasteiger partial charge < -0.3 is 15.3 Å². The zero-order valence-corrected chi connectivity index (χ0v) is 11.7. The summed E-state index contributed by atoms with van der Waals surface area (Å²) in [4.78, 5) is 3.91. The summed E-state index contributed by atoms with van der Waals surface area (Å²) in [5.41, 5.74) is -1.89. The van der Waals surface area contributed by atoms with Crippen LogP contribution in [-0.4, -0.2) is 41.0 Å². The Morgan fingerprint density at radius 3 is 2.50 bits per heavy atom. The Labute approximate surface area is 125 Å². The molecule has 1 aromatic carbocycles. The Balaban J connectivity index is 2.34. The second kappa shape index (κ2) is 6.99. The Bertz CT molecular complexity index is 566. The topological polar surface area (TPSA) is 97.8 Å². The van der Waals surface area contributed by atoms with E-state index in [4.69, 9.17) is 0 Å². The van der Waals surface area contributed by atoms with Gasteiger partial charge in [0.2, 0.25) is 0 Å². The van der Waals surface area contributed by atoms with Crippen molar-refractivity contribution in [3.8, 4) is 0 Å². The highest BCUT2D eigenvalue weighted by atomic mass is 19.1. The second-order valence-corrected chi connectivity index (χ2v) is 5.27. The van der Waals surface area contributed by atoms with E-state index in [2.05, 4.69) is 15.2 Å². The summed E-state index contributed by atoms with van der Waals surface area (Å²) >= 11 is 0. The monoisotopic (exact) mass is 313 g/mol. The molecule has 0 saturated heterocycles. The lowest BCUT2D eigenvalue weighted by Crippen LogP contribution is -2.35. The van der Waals surface area contributed by atoms with Crippen LogP contribution in [0, 0.1) is 17.6 Å². The molecule has 2 unspecified atom stereocenters. The molecule has 2 rings (SSSR count). The molecule has 3 N–H and O–H groups in total. The highest BCUT2D eigenvalue weighted by molar-refractivity contribution is 5.56. The van der Waals surface area contributed by atoms with Crippen molar-refractivity contribution in [1.82, 2.24) is 0 Å². The van der Waals surface area contributed by atoms with Gasteiger partial charge in [0.05, 0.1) is 5.60 Å². The van der Waals surface area contributed by atoms with Crippen LogP contribution in [0.25, 0.3) is 0 Å². The van der Waals surface area contributed by atoms with E-state index in [1.807, 2.05) is 0 Å². The number of aliphatic imine (C=N–C) groups is 1. The molecule has 8 heteroatoms. The summed E-state index contributed by atoms with van der Waals surface area (Å²) in [5, 5.41) is 36.7. The number of aliphatic hydroxyl groups excluding tert-OH is 2. The third-order valence-corrected chi connectivity index (χ3v) is 3.59. The maximum absolute atomic E-state index is 14.1. The Kier molecular flexibility index (Phi) is 5.28. The fourth-order valence-corrected chi connectivity index (χ4v) is 2.47. The molecule has 0 fully saturated rings. The van der Waals surface area contributed by atoms with Crippen molar-refractivity contribution < 1.29 is 24.1 Å². The van der Waals surface area contributed by atoms with Gasteiger partial charge >= 0.3 is 0 Å². The van der Waals surface area contributed by atoms with Crippen LogP contribution in [-0.2, 0) is 5.60 Å². The van der Waals surface area contributed by atoms with Crippen LogP contribution in [0.2, 0.25) is 0 Å². The van der Waals surface area contributed by atoms with Crippen molar-refractivity contribution in [2.24, 2.45) is 21.1 Å². The van der Waals surface area contributed by atoms with E-state index in [9.17, 15) is 24.1 Å². The van der Waals surface area contributed by atoms with E-state index < -0.39 is 29.3 Å². The molecule has 0 amide bonds. The number of halogens is 2. The summed E-state index contributed by atoms with van der Waals surface area (Å²) in [7, 11) is 0. The Hall–Kier alpha value is -1.77. The van der Waals surface area contributed by atoms with Gasteiger partial charge in [0.15, 0.2) is 6.17 Å². The van der Waals surface area contributed by atoms with Crippen molar-refractivity contribution >= 4 is 6.34 Å². The number of aliphatic hydroxyl groups is 3. The molecule has 0 aliphatic carbocycles. The highest BCUT2D eigenvalue weighted by Crippen LogP contribution is 2.36. The number of benzene rings is 1. The van der Waals surface area contributed by atoms with E-state index in [1.165, 1.54) is 6.34 Å². The molecule has 22 heavy (non-hydrogen) atoms. The first-order chi connectivity index (χ1) is 10.5. The molecule has 1 aromatic rings. The van der Waals surface area contributed by atoms with Gasteiger partial charge in [0.25, 0.3) is 0 Å². The van der Waals surface area contributed by atoms with Crippen LogP contribution in [0.1, 0.15) is 18.4 Å². The zero-order valence-electron chi connectivity index (χ0n) is 11.7. The molecule has 1 heterocycles. The molecule has 1 aliphatic rings. The maximum Gasteiger partial charge on any atom is 0.165 e.